The molecule has 0 amide bonds. The third-order valence-corrected chi connectivity index (χ3v) is 4.67. The van der Waals surface area contributed by atoms with Crippen LogP contribution < -0.4 is 9.47 Å². The summed E-state index contributed by atoms with van der Waals surface area (Å²) >= 11 is 0. The molecule has 1 atom stereocenters. The number of aliphatic hydroxyl groups is 1. The molecular formula is C22H19NO4. The summed E-state index contributed by atoms with van der Waals surface area (Å²) in [6.07, 6.45) is 3.31. The van der Waals surface area contributed by atoms with Gasteiger partial charge in [0.25, 0.3) is 0 Å². The highest BCUT2D eigenvalue weighted by molar-refractivity contribution is 5.80. The number of ether oxygens (including phenoxy) is 2. The normalized spacial score (nSPS) is 13.3. The van der Waals surface area contributed by atoms with E-state index in [0.717, 1.165) is 5.39 Å². The van der Waals surface area contributed by atoms with E-state index in [0.29, 0.717) is 34.0 Å². The van der Waals surface area contributed by atoms with Crippen molar-refractivity contribution in [2.75, 3.05) is 14.2 Å². The van der Waals surface area contributed by atoms with Gasteiger partial charge in [0, 0.05) is 29.4 Å². The molecule has 0 saturated heterocycles. The molecule has 0 fully saturated rings. The third kappa shape index (κ3) is 2.92. The van der Waals surface area contributed by atoms with Crippen LogP contribution in [0.2, 0.25) is 0 Å². The Kier molecular flexibility index (Phi) is 4.30. The number of hydrogen-bond acceptors (Lipinski definition) is 5. The van der Waals surface area contributed by atoms with Crippen LogP contribution in [-0.4, -0.2) is 24.3 Å². The van der Waals surface area contributed by atoms with E-state index < -0.39 is 5.60 Å². The highest BCUT2D eigenvalue weighted by Crippen LogP contribution is 2.40. The molecule has 2 heterocycles. The van der Waals surface area contributed by atoms with Crippen LogP contribution in [0.4, 0.5) is 0 Å². The number of rotatable bonds is 5. The number of benzene rings is 2. The highest BCUT2D eigenvalue weighted by atomic mass is 16.5. The van der Waals surface area contributed by atoms with E-state index in [9.17, 15) is 5.11 Å². The molecule has 27 heavy (non-hydrogen) atoms. The fraction of sp³-hybridized carbons (Fsp3) is 0.136. The average Bonchev–Trinajstić information content (AvgIpc) is 3.17. The topological polar surface area (TPSA) is 64.7 Å². The van der Waals surface area contributed by atoms with Crippen LogP contribution in [-0.2, 0) is 5.60 Å². The van der Waals surface area contributed by atoms with Crippen LogP contribution in [0, 0.1) is 0 Å². The zero-order valence-electron chi connectivity index (χ0n) is 15.0. The van der Waals surface area contributed by atoms with E-state index in [-0.39, 0.29) is 0 Å². The number of furan rings is 1. The van der Waals surface area contributed by atoms with Crippen molar-refractivity contribution in [1.29, 1.82) is 0 Å². The first kappa shape index (κ1) is 17.1. The average molecular weight is 361 g/mol. The molecule has 5 heteroatoms. The van der Waals surface area contributed by atoms with Gasteiger partial charge in [0.15, 0.2) is 5.60 Å². The monoisotopic (exact) mass is 361 g/mol. The van der Waals surface area contributed by atoms with Crippen molar-refractivity contribution in [3.63, 3.8) is 0 Å². The Morgan fingerprint density at radius 1 is 0.889 bits per heavy atom. The van der Waals surface area contributed by atoms with Gasteiger partial charge in [-0.1, -0.05) is 18.2 Å². The molecule has 2 aromatic carbocycles. The summed E-state index contributed by atoms with van der Waals surface area (Å²) in [5.74, 6) is 1.81. The molecule has 4 aromatic rings. The van der Waals surface area contributed by atoms with Crippen LogP contribution in [0.15, 0.2) is 77.5 Å². The highest BCUT2D eigenvalue weighted by Gasteiger charge is 2.37. The summed E-state index contributed by atoms with van der Waals surface area (Å²) in [7, 11) is 3.21. The second-order valence-electron chi connectivity index (χ2n) is 6.20. The van der Waals surface area contributed by atoms with Crippen molar-refractivity contribution in [3.8, 4) is 11.5 Å². The molecule has 0 bridgehead atoms. The molecule has 0 aliphatic heterocycles. The van der Waals surface area contributed by atoms with Gasteiger partial charge in [-0.25, -0.2) is 0 Å². The number of pyridine rings is 1. The number of fused-ring (bicyclic) bond motifs is 1. The van der Waals surface area contributed by atoms with E-state index in [1.807, 2.05) is 48.5 Å². The van der Waals surface area contributed by atoms with Gasteiger partial charge in [-0.05, 0) is 42.0 Å². The Balaban J connectivity index is 1.92. The van der Waals surface area contributed by atoms with Crippen LogP contribution in [0.5, 0.6) is 11.5 Å². The molecule has 0 saturated carbocycles. The summed E-state index contributed by atoms with van der Waals surface area (Å²) < 4.78 is 16.6. The minimum Gasteiger partial charge on any atom is -0.497 e. The lowest BCUT2D eigenvalue weighted by Crippen LogP contribution is -2.28. The predicted molar refractivity (Wildman–Crippen MR) is 102 cm³/mol. The Labute approximate surface area is 156 Å². The summed E-state index contributed by atoms with van der Waals surface area (Å²) in [4.78, 5) is 4.17. The lowest BCUT2D eigenvalue weighted by atomic mass is 9.85. The maximum atomic E-state index is 11.8. The molecule has 0 aliphatic rings. The van der Waals surface area contributed by atoms with Crippen LogP contribution in [0.25, 0.3) is 11.0 Å². The number of methoxy groups -OCH3 is 2. The van der Waals surface area contributed by atoms with E-state index in [4.69, 9.17) is 13.9 Å². The van der Waals surface area contributed by atoms with Gasteiger partial charge >= 0.3 is 0 Å². The SMILES string of the molecule is COc1ccc([C@](O)(c2cccnc2)c2cc3ccc(OC)cc3o2)cc1. The summed E-state index contributed by atoms with van der Waals surface area (Å²) in [5, 5.41) is 12.7. The van der Waals surface area contributed by atoms with E-state index >= 15 is 0 Å². The van der Waals surface area contributed by atoms with Crippen molar-refractivity contribution >= 4 is 11.0 Å². The van der Waals surface area contributed by atoms with Crippen LogP contribution in [0.1, 0.15) is 16.9 Å². The quantitative estimate of drug-likeness (QED) is 0.579. The minimum atomic E-state index is -1.49. The molecule has 5 nitrogen and oxygen atoms in total. The van der Waals surface area contributed by atoms with E-state index in [2.05, 4.69) is 4.98 Å². The van der Waals surface area contributed by atoms with Crippen molar-refractivity contribution in [2.24, 2.45) is 0 Å². The third-order valence-electron chi connectivity index (χ3n) is 4.67. The number of hydrogen-bond donors (Lipinski definition) is 1. The maximum absolute atomic E-state index is 11.8. The first-order chi connectivity index (χ1) is 13.1. The van der Waals surface area contributed by atoms with Gasteiger partial charge < -0.3 is 19.0 Å². The maximum Gasteiger partial charge on any atom is 0.174 e. The Morgan fingerprint density at radius 2 is 1.63 bits per heavy atom. The molecule has 0 radical (unpaired) electrons. The van der Waals surface area contributed by atoms with Gasteiger partial charge in [0.1, 0.15) is 22.8 Å². The molecule has 0 unspecified atom stereocenters. The van der Waals surface area contributed by atoms with Gasteiger partial charge in [-0.2, -0.15) is 0 Å². The van der Waals surface area contributed by atoms with Gasteiger partial charge in [0.05, 0.1) is 14.2 Å². The molecule has 0 spiro atoms. The zero-order valence-corrected chi connectivity index (χ0v) is 15.0. The zero-order chi connectivity index (χ0) is 18.9. The number of nitrogens with zero attached hydrogens (tertiary/aromatic N) is 1. The van der Waals surface area contributed by atoms with Gasteiger partial charge in [0.2, 0.25) is 0 Å². The van der Waals surface area contributed by atoms with E-state index in [1.165, 1.54) is 0 Å². The van der Waals surface area contributed by atoms with Crippen molar-refractivity contribution < 1.29 is 19.0 Å². The fourth-order valence-electron chi connectivity index (χ4n) is 3.18. The molecule has 4 rings (SSSR count). The first-order valence-corrected chi connectivity index (χ1v) is 8.50. The largest absolute Gasteiger partial charge is 0.497 e. The van der Waals surface area contributed by atoms with Gasteiger partial charge in [-0.15, -0.1) is 0 Å². The molecule has 2 aromatic heterocycles. The summed E-state index contributed by atoms with van der Waals surface area (Å²) in [6, 6.07) is 18.3. The van der Waals surface area contributed by atoms with E-state index in [1.54, 1.807) is 38.7 Å². The molecule has 136 valence electrons. The fourth-order valence-corrected chi connectivity index (χ4v) is 3.18. The Hall–Kier alpha value is -3.31. The lowest BCUT2D eigenvalue weighted by Gasteiger charge is -2.27. The smallest absolute Gasteiger partial charge is 0.174 e. The second-order valence-corrected chi connectivity index (χ2v) is 6.20. The molecule has 1 N–H and O–H groups in total. The van der Waals surface area contributed by atoms with Crippen LogP contribution in [0.3, 0.4) is 0 Å². The number of aromatic nitrogens is 1. The Bertz CT molecular complexity index is 1060. The summed E-state index contributed by atoms with van der Waals surface area (Å²) in [5.41, 5.74) is 0.413. The van der Waals surface area contributed by atoms with Crippen LogP contribution >= 0.6 is 0 Å². The minimum absolute atomic E-state index is 0.406. The van der Waals surface area contributed by atoms with Crippen molar-refractivity contribution in [3.05, 3.63) is 89.9 Å². The predicted octanol–water partition coefficient (Wildman–Crippen LogP) is 4.13. The summed E-state index contributed by atoms with van der Waals surface area (Å²) in [6.45, 7) is 0. The Morgan fingerprint density at radius 3 is 2.30 bits per heavy atom. The second kappa shape index (κ2) is 6.78. The van der Waals surface area contributed by atoms with Crippen molar-refractivity contribution in [1.82, 2.24) is 4.98 Å². The standard InChI is InChI=1S/C22H19NO4/c1-25-18-9-6-16(7-10-18)22(24,17-4-3-11-23-14-17)21-12-15-5-8-19(26-2)13-20(15)27-21/h3-14,24H,1-2H3/t22-/m0/s1. The molecular weight excluding hydrogens is 342 g/mol. The molecule has 0 aliphatic carbocycles. The van der Waals surface area contributed by atoms with Crippen molar-refractivity contribution in [2.45, 2.75) is 5.60 Å². The van der Waals surface area contributed by atoms with Gasteiger partial charge in [-0.3, -0.25) is 4.98 Å². The lowest BCUT2D eigenvalue weighted by molar-refractivity contribution is 0.101. The first-order valence-electron chi connectivity index (χ1n) is 8.50.